The third-order valence-electron chi connectivity index (χ3n) is 5.22. The molecule has 1 saturated carbocycles. The number of hydrogen-bond acceptors (Lipinski definition) is 6. The van der Waals surface area contributed by atoms with Gasteiger partial charge in [0.25, 0.3) is 0 Å². The lowest BCUT2D eigenvalue weighted by Gasteiger charge is -2.22. The molecule has 2 heterocycles. The lowest BCUT2D eigenvalue weighted by atomic mass is 10.1. The molecule has 1 aliphatic heterocycles. The van der Waals surface area contributed by atoms with E-state index in [1.807, 2.05) is 0 Å². The normalized spacial score (nSPS) is 22.1. The molecule has 150 valence electrons. The number of halogens is 2. The van der Waals surface area contributed by atoms with E-state index in [0.717, 1.165) is 18.9 Å². The maximum atomic E-state index is 15.5. The average Bonchev–Trinajstić information content (AvgIpc) is 3.40. The van der Waals surface area contributed by atoms with Crippen LogP contribution < -0.4 is 20.8 Å². The van der Waals surface area contributed by atoms with Crippen LogP contribution in [0.2, 0.25) is 0 Å². The predicted molar refractivity (Wildman–Crippen MR) is 96.0 cm³/mol. The predicted octanol–water partition coefficient (Wildman–Crippen LogP) is 1.83. The maximum absolute atomic E-state index is 15.5. The van der Waals surface area contributed by atoms with Crippen LogP contribution in [0.1, 0.15) is 18.9 Å². The van der Waals surface area contributed by atoms with Crippen LogP contribution >= 0.6 is 0 Å². The highest BCUT2D eigenvalue weighted by Crippen LogP contribution is 2.40. The van der Waals surface area contributed by atoms with E-state index in [9.17, 15) is 14.0 Å². The Labute approximate surface area is 158 Å². The minimum absolute atomic E-state index is 0.0731. The zero-order valence-corrected chi connectivity index (χ0v) is 15.0. The van der Waals surface area contributed by atoms with Gasteiger partial charge in [-0.25, -0.2) is 13.6 Å². The van der Waals surface area contributed by atoms with Crippen LogP contribution in [0.25, 0.3) is 10.9 Å². The first-order chi connectivity index (χ1) is 13.3. The minimum atomic E-state index is -1.67. The summed E-state index contributed by atoms with van der Waals surface area (Å²) >= 11 is 0. The van der Waals surface area contributed by atoms with Gasteiger partial charge in [-0.2, -0.15) is 0 Å². The largest absolute Gasteiger partial charge is 0.511 e. The van der Waals surface area contributed by atoms with Crippen LogP contribution in [-0.4, -0.2) is 48.2 Å². The zero-order valence-electron chi connectivity index (χ0n) is 15.0. The molecular weight excluding hydrogens is 376 g/mol. The van der Waals surface area contributed by atoms with E-state index in [2.05, 4.69) is 4.74 Å². The Morgan fingerprint density at radius 2 is 2.04 bits per heavy atom. The Balaban J connectivity index is 1.92. The molecule has 0 unspecified atom stereocenters. The minimum Gasteiger partial charge on any atom is -0.449 e. The van der Waals surface area contributed by atoms with Crippen LogP contribution in [0.4, 0.5) is 19.3 Å². The molecule has 1 aromatic heterocycles. The number of carbonyl (C=O) groups is 1. The second-order valence-corrected chi connectivity index (χ2v) is 7.09. The zero-order chi connectivity index (χ0) is 20.2. The number of pyridine rings is 1. The summed E-state index contributed by atoms with van der Waals surface area (Å²) in [6.45, 7) is 0.413. The molecule has 1 aliphatic carbocycles. The van der Waals surface area contributed by atoms with Crippen molar-refractivity contribution in [2.45, 2.75) is 31.0 Å². The van der Waals surface area contributed by atoms with Crippen molar-refractivity contribution in [3.8, 4) is 5.75 Å². The second-order valence-electron chi connectivity index (χ2n) is 7.09. The van der Waals surface area contributed by atoms with E-state index < -0.39 is 35.0 Å². The number of nitrogens with zero attached hydrogens (tertiary/aromatic N) is 2. The van der Waals surface area contributed by atoms with E-state index in [0.29, 0.717) is 0 Å². The Bertz CT molecular complexity index is 1020. The van der Waals surface area contributed by atoms with Crippen molar-refractivity contribution in [3.05, 3.63) is 34.1 Å². The average molecular weight is 395 g/mol. The van der Waals surface area contributed by atoms with E-state index in [-0.39, 0.29) is 41.8 Å². The first kappa shape index (κ1) is 18.6. The van der Waals surface area contributed by atoms with Crippen molar-refractivity contribution in [1.82, 2.24) is 4.57 Å². The summed E-state index contributed by atoms with van der Waals surface area (Å²) in [7, 11) is 1.48. The fourth-order valence-electron chi connectivity index (χ4n) is 3.73. The maximum Gasteiger partial charge on any atom is 0.511 e. The van der Waals surface area contributed by atoms with Crippen molar-refractivity contribution in [3.63, 3.8) is 0 Å². The Kier molecular flexibility index (Phi) is 4.47. The number of nitrogens with two attached hydrogens (primary N) is 1. The van der Waals surface area contributed by atoms with Crippen LogP contribution in [0.15, 0.2) is 17.1 Å². The quantitative estimate of drug-likeness (QED) is 0.761. The van der Waals surface area contributed by atoms with E-state index >= 15 is 4.39 Å². The molecule has 1 saturated heterocycles. The molecule has 2 aliphatic rings. The van der Waals surface area contributed by atoms with Crippen LogP contribution in [0.5, 0.6) is 5.75 Å². The molecule has 28 heavy (non-hydrogen) atoms. The number of hydrogen-bond donors (Lipinski definition) is 2. The van der Waals surface area contributed by atoms with E-state index in [1.165, 1.54) is 22.8 Å². The number of anilines is 1. The topological polar surface area (TPSA) is 107 Å². The molecule has 0 radical (unpaired) electrons. The van der Waals surface area contributed by atoms with Gasteiger partial charge in [-0.15, -0.1) is 0 Å². The molecule has 1 aromatic carbocycles. The van der Waals surface area contributed by atoms with Gasteiger partial charge >= 0.3 is 6.16 Å². The lowest BCUT2D eigenvalue weighted by molar-refractivity contribution is 0.108. The van der Waals surface area contributed by atoms with Gasteiger partial charge in [-0.3, -0.25) is 4.79 Å². The van der Waals surface area contributed by atoms with E-state index in [4.69, 9.17) is 15.6 Å². The highest BCUT2D eigenvalue weighted by atomic mass is 19.1. The fraction of sp³-hybridized carbons (Fsp3) is 0.444. The summed E-state index contributed by atoms with van der Waals surface area (Å²) in [4.78, 5) is 24.9. The summed E-state index contributed by atoms with van der Waals surface area (Å²) in [5.74, 6) is -2.30. The van der Waals surface area contributed by atoms with Crippen molar-refractivity contribution >= 4 is 22.7 Å². The molecular formula is C18H19F2N3O5. The molecule has 8 nitrogen and oxygen atoms in total. The van der Waals surface area contributed by atoms with Crippen molar-refractivity contribution in [1.29, 1.82) is 0 Å². The van der Waals surface area contributed by atoms with Gasteiger partial charge in [-0.1, -0.05) is 0 Å². The summed E-state index contributed by atoms with van der Waals surface area (Å²) in [5, 5.41) is 8.56. The standard InChI is InChI=1S/C18H19F2N3O5/c1-27-12-6-22(5-11(12)21)16-10(19)4-9-15(14(16)20)23(8-2-3-8)7-13(17(9)24)28-18(25)26/h4,7-8,11-12H,2-3,5-6,21H2,1H3,(H,25,26)/t11-,12-/m0/s1. The van der Waals surface area contributed by atoms with Gasteiger partial charge in [0, 0.05) is 26.2 Å². The number of aromatic nitrogens is 1. The monoisotopic (exact) mass is 395 g/mol. The van der Waals surface area contributed by atoms with E-state index in [1.54, 1.807) is 0 Å². The number of methoxy groups -OCH3 is 1. The highest BCUT2D eigenvalue weighted by Gasteiger charge is 2.35. The number of carboxylic acid groups (broad SMARTS) is 1. The van der Waals surface area contributed by atoms with Crippen LogP contribution in [-0.2, 0) is 4.74 Å². The molecule has 2 atom stereocenters. The first-order valence-electron chi connectivity index (χ1n) is 8.82. The molecule has 0 bridgehead atoms. The number of rotatable bonds is 4. The van der Waals surface area contributed by atoms with Gasteiger partial charge in [0.05, 0.1) is 29.2 Å². The molecule has 4 rings (SSSR count). The van der Waals surface area contributed by atoms with Gasteiger partial charge in [0.1, 0.15) is 11.5 Å². The Morgan fingerprint density at radius 3 is 2.61 bits per heavy atom. The number of ether oxygens (including phenoxy) is 2. The molecule has 2 fully saturated rings. The number of benzene rings is 1. The Hall–Kier alpha value is -2.72. The number of fused-ring (bicyclic) bond motifs is 1. The first-order valence-corrected chi connectivity index (χ1v) is 8.82. The molecule has 2 aromatic rings. The van der Waals surface area contributed by atoms with Gasteiger partial charge in [0.15, 0.2) is 11.6 Å². The SMILES string of the molecule is CO[C@H]1CN(c2c(F)cc3c(=O)c(OC(=O)O)cn(C4CC4)c3c2F)C[C@@H]1N. The molecule has 0 spiro atoms. The van der Waals surface area contributed by atoms with Crippen molar-refractivity contribution in [2.24, 2.45) is 5.73 Å². The third-order valence-corrected chi connectivity index (χ3v) is 5.22. The molecule has 3 N–H and O–H groups in total. The smallest absolute Gasteiger partial charge is 0.449 e. The van der Waals surface area contributed by atoms with Gasteiger partial charge in [-0.05, 0) is 18.9 Å². The fourth-order valence-corrected chi connectivity index (χ4v) is 3.73. The van der Waals surface area contributed by atoms with Crippen molar-refractivity contribution < 1.29 is 28.2 Å². The van der Waals surface area contributed by atoms with Crippen LogP contribution in [0, 0.1) is 11.6 Å². The third kappa shape index (κ3) is 2.98. The van der Waals surface area contributed by atoms with Crippen molar-refractivity contribution in [2.75, 3.05) is 25.1 Å². The van der Waals surface area contributed by atoms with Crippen LogP contribution in [0.3, 0.4) is 0 Å². The highest BCUT2D eigenvalue weighted by molar-refractivity contribution is 5.86. The van der Waals surface area contributed by atoms with Gasteiger partial charge in [0.2, 0.25) is 5.43 Å². The summed E-state index contributed by atoms with van der Waals surface area (Å²) < 4.78 is 41.5. The Morgan fingerprint density at radius 1 is 1.32 bits per heavy atom. The summed E-state index contributed by atoms with van der Waals surface area (Å²) in [6.07, 6.45) is 0.600. The second kappa shape index (κ2) is 6.71. The summed E-state index contributed by atoms with van der Waals surface area (Å²) in [5.41, 5.74) is 4.74. The summed E-state index contributed by atoms with van der Waals surface area (Å²) in [6, 6.07) is 0.408. The molecule has 0 amide bonds. The molecule has 10 heteroatoms. The lowest BCUT2D eigenvalue weighted by Crippen LogP contribution is -2.34. The van der Waals surface area contributed by atoms with Gasteiger partial charge < -0.3 is 29.8 Å².